The first-order chi connectivity index (χ1) is 18.9. The number of azo groups is 1. The Morgan fingerprint density at radius 3 is 1.67 bits per heavy atom. The van der Waals surface area contributed by atoms with E-state index in [0.29, 0.717) is 41.5 Å². The van der Waals surface area contributed by atoms with Gasteiger partial charge in [0.15, 0.2) is 5.75 Å². The maximum atomic E-state index is 12.9. The van der Waals surface area contributed by atoms with Gasteiger partial charge in [-0.1, -0.05) is 17.7 Å². The lowest BCUT2D eigenvalue weighted by Crippen LogP contribution is -2.10. The number of carbonyl (C=O) groups excluding carboxylic acids is 2. The zero-order chi connectivity index (χ0) is 27.6. The average molecular weight is 525 g/mol. The van der Waals surface area contributed by atoms with Crippen molar-refractivity contribution in [3.8, 4) is 23.0 Å². The highest BCUT2D eigenvalue weighted by Gasteiger charge is 2.16. The van der Waals surface area contributed by atoms with Crippen molar-refractivity contribution in [3.63, 3.8) is 0 Å². The molecule has 0 aliphatic rings. The molecule has 0 atom stereocenters. The van der Waals surface area contributed by atoms with Crippen LogP contribution in [0.5, 0.6) is 23.0 Å². The molecule has 4 aromatic rings. The molecule has 198 valence electrons. The van der Waals surface area contributed by atoms with Crippen LogP contribution in [0.25, 0.3) is 0 Å². The largest absolute Gasteiger partial charge is 0.494 e. The number of aryl methyl sites for hydroxylation is 1. The average Bonchev–Trinajstić information content (AvgIpc) is 2.94. The minimum atomic E-state index is -0.611. The van der Waals surface area contributed by atoms with Crippen molar-refractivity contribution in [2.75, 3.05) is 13.2 Å². The molecule has 0 unspecified atom stereocenters. The van der Waals surface area contributed by atoms with E-state index in [2.05, 4.69) is 10.2 Å². The maximum absolute atomic E-state index is 12.9. The number of carbonyl (C=O) groups is 2. The van der Waals surface area contributed by atoms with E-state index in [1.165, 1.54) is 6.07 Å². The van der Waals surface area contributed by atoms with Crippen molar-refractivity contribution in [2.24, 2.45) is 10.2 Å². The Morgan fingerprint density at radius 2 is 1.13 bits per heavy atom. The highest BCUT2D eigenvalue weighted by Crippen LogP contribution is 2.34. The van der Waals surface area contributed by atoms with Crippen LogP contribution in [0.2, 0.25) is 0 Å². The van der Waals surface area contributed by atoms with E-state index < -0.39 is 11.9 Å². The number of ether oxygens (including phenoxy) is 4. The summed E-state index contributed by atoms with van der Waals surface area (Å²) in [5.74, 6) is 0.376. The van der Waals surface area contributed by atoms with Crippen LogP contribution in [0, 0.1) is 6.92 Å². The Kier molecular flexibility index (Phi) is 9.03. The van der Waals surface area contributed by atoms with Gasteiger partial charge in [0.05, 0.1) is 30.0 Å². The molecule has 0 saturated heterocycles. The van der Waals surface area contributed by atoms with Crippen molar-refractivity contribution < 1.29 is 28.5 Å². The number of esters is 2. The molecular formula is C31H28N2O6. The molecule has 8 nitrogen and oxygen atoms in total. The second-order valence-corrected chi connectivity index (χ2v) is 8.36. The van der Waals surface area contributed by atoms with Gasteiger partial charge in [0, 0.05) is 6.07 Å². The molecule has 4 aromatic carbocycles. The first-order valence-electron chi connectivity index (χ1n) is 12.5. The van der Waals surface area contributed by atoms with Crippen molar-refractivity contribution in [2.45, 2.75) is 20.8 Å². The van der Waals surface area contributed by atoms with Crippen LogP contribution >= 0.6 is 0 Å². The Balaban J connectivity index is 1.58. The Hall–Kier alpha value is -4.98. The maximum Gasteiger partial charge on any atom is 0.343 e. The third-order valence-corrected chi connectivity index (χ3v) is 5.45. The van der Waals surface area contributed by atoms with Gasteiger partial charge < -0.3 is 18.9 Å². The summed E-state index contributed by atoms with van der Waals surface area (Å²) in [5, 5.41) is 8.52. The smallest absolute Gasteiger partial charge is 0.343 e. The van der Waals surface area contributed by atoms with Gasteiger partial charge in [0.25, 0.3) is 0 Å². The topological polar surface area (TPSA) is 95.8 Å². The predicted molar refractivity (Wildman–Crippen MR) is 147 cm³/mol. The van der Waals surface area contributed by atoms with E-state index >= 15 is 0 Å². The van der Waals surface area contributed by atoms with Crippen LogP contribution in [-0.2, 0) is 0 Å². The van der Waals surface area contributed by atoms with Gasteiger partial charge >= 0.3 is 11.9 Å². The SMILES string of the molecule is CCOc1ccc(C(=O)Oc2ccc(N=Nc3ccc(C)cc3)c(OC(=O)c3ccc(OCC)cc3)c2)cc1. The normalized spacial score (nSPS) is 10.7. The summed E-state index contributed by atoms with van der Waals surface area (Å²) in [6, 6.07) is 25.3. The second kappa shape index (κ2) is 13.0. The van der Waals surface area contributed by atoms with Crippen LogP contribution in [0.1, 0.15) is 40.1 Å². The van der Waals surface area contributed by atoms with Gasteiger partial charge in [-0.2, -0.15) is 5.11 Å². The van der Waals surface area contributed by atoms with E-state index in [0.717, 1.165) is 5.56 Å². The summed E-state index contributed by atoms with van der Waals surface area (Å²) in [6.45, 7) is 6.78. The number of hydrogen-bond acceptors (Lipinski definition) is 8. The highest BCUT2D eigenvalue weighted by atomic mass is 16.5. The van der Waals surface area contributed by atoms with E-state index in [1.54, 1.807) is 60.7 Å². The van der Waals surface area contributed by atoms with Crippen LogP contribution in [0.4, 0.5) is 11.4 Å². The predicted octanol–water partition coefficient (Wildman–Crippen LogP) is 7.65. The molecule has 39 heavy (non-hydrogen) atoms. The fraction of sp³-hybridized carbons (Fsp3) is 0.161. The fourth-order valence-electron chi connectivity index (χ4n) is 3.48. The molecule has 0 fully saturated rings. The highest BCUT2D eigenvalue weighted by molar-refractivity contribution is 5.93. The molecule has 0 spiro atoms. The van der Waals surface area contributed by atoms with E-state index in [4.69, 9.17) is 18.9 Å². The van der Waals surface area contributed by atoms with Crippen LogP contribution in [-0.4, -0.2) is 25.2 Å². The molecule has 0 aliphatic heterocycles. The number of hydrogen-bond donors (Lipinski definition) is 0. The monoisotopic (exact) mass is 524 g/mol. The van der Waals surface area contributed by atoms with Crippen molar-refractivity contribution >= 4 is 23.3 Å². The van der Waals surface area contributed by atoms with E-state index in [9.17, 15) is 9.59 Å². The fourth-order valence-corrected chi connectivity index (χ4v) is 3.48. The Morgan fingerprint density at radius 1 is 0.615 bits per heavy atom. The van der Waals surface area contributed by atoms with Crippen LogP contribution in [0.15, 0.2) is 101 Å². The summed E-state index contributed by atoms with van der Waals surface area (Å²) in [7, 11) is 0. The lowest BCUT2D eigenvalue weighted by atomic mass is 10.2. The molecule has 0 aliphatic carbocycles. The quantitative estimate of drug-likeness (QED) is 0.120. The number of nitrogens with zero attached hydrogens (tertiary/aromatic N) is 2. The minimum absolute atomic E-state index is 0.0849. The van der Waals surface area contributed by atoms with Gasteiger partial charge in [0.1, 0.15) is 22.9 Å². The zero-order valence-electron chi connectivity index (χ0n) is 21.9. The first-order valence-corrected chi connectivity index (χ1v) is 12.5. The summed E-state index contributed by atoms with van der Waals surface area (Å²) < 4.78 is 22.1. The van der Waals surface area contributed by atoms with Crippen molar-refractivity contribution in [1.82, 2.24) is 0 Å². The third kappa shape index (κ3) is 7.52. The summed E-state index contributed by atoms with van der Waals surface area (Å²) >= 11 is 0. The lowest BCUT2D eigenvalue weighted by molar-refractivity contribution is 0.0733. The van der Waals surface area contributed by atoms with Gasteiger partial charge in [-0.05, 0) is 93.6 Å². The van der Waals surface area contributed by atoms with Gasteiger partial charge in [-0.3, -0.25) is 0 Å². The molecule has 4 rings (SSSR count). The van der Waals surface area contributed by atoms with Gasteiger partial charge in [-0.15, -0.1) is 5.11 Å². The standard InChI is InChI=1S/C31H28N2O6/c1-4-36-25-14-8-22(9-15-25)30(34)38-27-18-19-28(33-32-24-12-6-21(3)7-13-24)29(20-27)39-31(35)23-10-16-26(17-11-23)37-5-2/h6-20H,4-5H2,1-3H3. The minimum Gasteiger partial charge on any atom is -0.494 e. The van der Waals surface area contributed by atoms with Crippen molar-refractivity contribution in [1.29, 1.82) is 0 Å². The molecule has 0 N–H and O–H groups in total. The van der Waals surface area contributed by atoms with Crippen molar-refractivity contribution in [3.05, 3.63) is 108 Å². The molecule has 0 radical (unpaired) electrons. The van der Waals surface area contributed by atoms with Gasteiger partial charge in [0.2, 0.25) is 0 Å². The molecular weight excluding hydrogens is 496 g/mol. The third-order valence-electron chi connectivity index (χ3n) is 5.45. The zero-order valence-corrected chi connectivity index (χ0v) is 21.9. The van der Waals surface area contributed by atoms with E-state index in [1.807, 2.05) is 45.0 Å². The lowest BCUT2D eigenvalue weighted by Gasteiger charge is -2.11. The summed E-state index contributed by atoms with van der Waals surface area (Å²) in [5.41, 5.74) is 2.68. The molecule has 8 heteroatoms. The molecule has 0 bridgehead atoms. The molecule has 0 aromatic heterocycles. The Labute approximate surface area is 226 Å². The van der Waals surface area contributed by atoms with Gasteiger partial charge in [-0.25, -0.2) is 9.59 Å². The Bertz CT molecular complexity index is 1450. The van der Waals surface area contributed by atoms with Crippen LogP contribution in [0.3, 0.4) is 0 Å². The number of rotatable bonds is 10. The molecule has 0 amide bonds. The summed E-state index contributed by atoms with van der Waals surface area (Å²) in [4.78, 5) is 25.7. The first kappa shape index (κ1) is 27.1. The van der Waals surface area contributed by atoms with Crippen LogP contribution < -0.4 is 18.9 Å². The van der Waals surface area contributed by atoms with E-state index in [-0.39, 0.29) is 17.2 Å². The second-order valence-electron chi connectivity index (χ2n) is 8.36. The molecule has 0 heterocycles. The summed E-state index contributed by atoms with van der Waals surface area (Å²) in [6.07, 6.45) is 0. The molecule has 0 saturated carbocycles. The number of benzene rings is 4.